The molecule has 3 aromatic rings. The molecule has 0 saturated heterocycles. The van der Waals surface area contributed by atoms with Gasteiger partial charge < -0.3 is 10.6 Å². The van der Waals surface area contributed by atoms with Crippen molar-refractivity contribution in [2.45, 2.75) is 6.42 Å². The molecule has 0 radical (unpaired) electrons. The van der Waals surface area contributed by atoms with Crippen LogP contribution in [0, 0.1) is 5.82 Å². The number of aromatic nitrogens is 2. The summed E-state index contributed by atoms with van der Waals surface area (Å²) in [5.74, 6) is -2.21. The number of benzene rings is 2. The van der Waals surface area contributed by atoms with E-state index in [1.807, 2.05) is 37.4 Å². The fourth-order valence-corrected chi connectivity index (χ4v) is 2.84. The molecule has 0 saturated carbocycles. The molecule has 0 aliphatic carbocycles. The van der Waals surface area contributed by atoms with Crippen molar-refractivity contribution in [3.63, 3.8) is 0 Å². The third-order valence-corrected chi connectivity index (χ3v) is 4.44. The second-order valence-corrected chi connectivity index (χ2v) is 6.53. The molecule has 28 heavy (non-hydrogen) atoms. The normalized spacial score (nSPS) is 10.5. The Bertz CT molecular complexity index is 1000. The second-order valence-electron chi connectivity index (χ2n) is 6.13. The Morgan fingerprint density at radius 1 is 1.11 bits per heavy atom. The summed E-state index contributed by atoms with van der Waals surface area (Å²) >= 11 is 5.65. The number of aryl methyl sites for hydroxylation is 1. The van der Waals surface area contributed by atoms with E-state index in [1.54, 1.807) is 10.9 Å². The lowest BCUT2D eigenvalue weighted by molar-refractivity contribution is -0.136. The van der Waals surface area contributed by atoms with Crippen LogP contribution in [0.2, 0.25) is 5.02 Å². The number of carbonyl (C=O) groups excluding carboxylic acids is 2. The molecule has 0 atom stereocenters. The summed E-state index contributed by atoms with van der Waals surface area (Å²) in [5, 5.41) is 8.95. The predicted octanol–water partition coefficient (Wildman–Crippen LogP) is 3.18. The zero-order chi connectivity index (χ0) is 20.1. The van der Waals surface area contributed by atoms with Gasteiger partial charge in [0.1, 0.15) is 5.82 Å². The molecule has 0 bridgehead atoms. The molecule has 2 N–H and O–H groups in total. The topological polar surface area (TPSA) is 76.0 Å². The van der Waals surface area contributed by atoms with Crippen LogP contribution < -0.4 is 10.6 Å². The maximum Gasteiger partial charge on any atom is 0.313 e. The van der Waals surface area contributed by atoms with Gasteiger partial charge in [-0.1, -0.05) is 35.9 Å². The molecule has 144 valence electrons. The van der Waals surface area contributed by atoms with Crippen LogP contribution in [0.4, 0.5) is 10.1 Å². The van der Waals surface area contributed by atoms with E-state index in [2.05, 4.69) is 15.7 Å². The van der Waals surface area contributed by atoms with E-state index in [0.29, 0.717) is 13.0 Å². The van der Waals surface area contributed by atoms with Gasteiger partial charge in [-0.3, -0.25) is 14.3 Å². The lowest BCUT2D eigenvalue weighted by atomic mass is 10.1. The Hall–Kier alpha value is -3.19. The van der Waals surface area contributed by atoms with Crippen molar-refractivity contribution in [2.75, 3.05) is 11.9 Å². The number of rotatable bonds is 5. The van der Waals surface area contributed by atoms with Crippen LogP contribution in [0.3, 0.4) is 0 Å². The number of halogens is 2. The second kappa shape index (κ2) is 8.67. The van der Waals surface area contributed by atoms with Gasteiger partial charge >= 0.3 is 11.8 Å². The lowest BCUT2D eigenvalue weighted by Gasteiger charge is -2.08. The van der Waals surface area contributed by atoms with Crippen LogP contribution in [0.25, 0.3) is 11.3 Å². The summed E-state index contributed by atoms with van der Waals surface area (Å²) in [4.78, 5) is 23.8. The molecule has 8 heteroatoms. The van der Waals surface area contributed by atoms with Crippen LogP contribution >= 0.6 is 11.6 Å². The first-order chi connectivity index (χ1) is 13.4. The SMILES string of the molecule is Cn1nccc1-c1ccc(CCNC(=O)C(=O)Nc2ccc(F)c(Cl)c2)cc1. The highest BCUT2D eigenvalue weighted by atomic mass is 35.5. The van der Waals surface area contributed by atoms with Gasteiger partial charge in [0.05, 0.1) is 10.7 Å². The van der Waals surface area contributed by atoms with Gasteiger partial charge in [-0.15, -0.1) is 0 Å². The van der Waals surface area contributed by atoms with E-state index in [-0.39, 0.29) is 10.7 Å². The minimum absolute atomic E-state index is 0.132. The largest absolute Gasteiger partial charge is 0.347 e. The number of hydrogen-bond donors (Lipinski definition) is 2. The molecule has 2 aromatic carbocycles. The average molecular weight is 401 g/mol. The van der Waals surface area contributed by atoms with Crippen LogP contribution in [-0.2, 0) is 23.1 Å². The summed E-state index contributed by atoms with van der Waals surface area (Å²) in [6.45, 7) is 0.307. The lowest BCUT2D eigenvalue weighted by Crippen LogP contribution is -2.36. The number of nitrogens with zero attached hydrogens (tertiary/aromatic N) is 2. The van der Waals surface area contributed by atoms with Gasteiger partial charge in [0.15, 0.2) is 0 Å². The van der Waals surface area contributed by atoms with Gasteiger partial charge in [0, 0.05) is 25.5 Å². The molecular formula is C20H18ClFN4O2. The zero-order valence-corrected chi connectivity index (χ0v) is 15.8. The summed E-state index contributed by atoms with van der Waals surface area (Å²) in [6, 6.07) is 13.5. The highest BCUT2D eigenvalue weighted by Crippen LogP contribution is 2.20. The molecule has 0 aliphatic rings. The number of amides is 2. The molecule has 0 aliphatic heterocycles. The van der Waals surface area contributed by atoms with Gasteiger partial charge in [-0.25, -0.2) is 4.39 Å². The molecule has 0 fully saturated rings. The molecule has 1 heterocycles. The quantitative estimate of drug-likeness (QED) is 0.646. The smallest absolute Gasteiger partial charge is 0.313 e. The summed E-state index contributed by atoms with van der Waals surface area (Å²) in [5.41, 5.74) is 3.33. The maximum atomic E-state index is 13.1. The Morgan fingerprint density at radius 2 is 1.86 bits per heavy atom. The third-order valence-electron chi connectivity index (χ3n) is 4.15. The van der Waals surface area contributed by atoms with Gasteiger partial charge in [0.25, 0.3) is 0 Å². The Morgan fingerprint density at radius 3 is 2.50 bits per heavy atom. The highest BCUT2D eigenvalue weighted by molar-refractivity contribution is 6.39. The molecule has 0 spiro atoms. The first-order valence-corrected chi connectivity index (χ1v) is 8.93. The van der Waals surface area contributed by atoms with E-state index in [4.69, 9.17) is 11.6 Å². The molecule has 3 rings (SSSR count). The molecular weight excluding hydrogens is 383 g/mol. The van der Waals surface area contributed by atoms with Crippen molar-refractivity contribution < 1.29 is 14.0 Å². The number of nitrogens with one attached hydrogen (secondary N) is 2. The maximum absolute atomic E-state index is 13.1. The summed E-state index contributed by atoms with van der Waals surface area (Å²) < 4.78 is 14.9. The average Bonchev–Trinajstić information content (AvgIpc) is 3.11. The monoisotopic (exact) mass is 400 g/mol. The van der Waals surface area contributed by atoms with Crippen molar-refractivity contribution in [3.8, 4) is 11.3 Å². The third kappa shape index (κ3) is 4.75. The van der Waals surface area contributed by atoms with Crippen molar-refractivity contribution in [2.24, 2.45) is 7.05 Å². The van der Waals surface area contributed by atoms with Crippen LogP contribution in [0.1, 0.15) is 5.56 Å². The van der Waals surface area contributed by atoms with Crippen LogP contribution in [-0.4, -0.2) is 28.1 Å². The van der Waals surface area contributed by atoms with Crippen LogP contribution in [0.5, 0.6) is 0 Å². The standard InChI is InChI=1S/C20H18ClFN4O2/c1-26-18(9-11-24-26)14-4-2-13(3-5-14)8-10-23-19(27)20(28)25-15-6-7-17(22)16(21)12-15/h2-7,9,11-12H,8,10H2,1H3,(H,23,27)(H,25,28). The number of anilines is 1. The van der Waals surface area contributed by atoms with Gasteiger partial charge in [-0.2, -0.15) is 5.10 Å². The fraction of sp³-hybridized carbons (Fsp3) is 0.150. The van der Waals surface area contributed by atoms with Crippen molar-refractivity contribution in [1.29, 1.82) is 0 Å². The first kappa shape index (κ1) is 19.6. The highest BCUT2D eigenvalue weighted by Gasteiger charge is 2.14. The number of carbonyl (C=O) groups is 2. The molecule has 2 amide bonds. The van der Waals surface area contributed by atoms with Crippen molar-refractivity contribution in [3.05, 3.63) is 71.1 Å². The van der Waals surface area contributed by atoms with Gasteiger partial charge in [0.2, 0.25) is 0 Å². The van der Waals surface area contributed by atoms with E-state index in [1.165, 1.54) is 12.1 Å². The van der Waals surface area contributed by atoms with E-state index in [0.717, 1.165) is 22.9 Å². The van der Waals surface area contributed by atoms with E-state index in [9.17, 15) is 14.0 Å². The Kier molecular flexibility index (Phi) is 6.06. The van der Waals surface area contributed by atoms with Crippen molar-refractivity contribution >= 4 is 29.1 Å². The number of hydrogen-bond acceptors (Lipinski definition) is 3. The predicted molar refractivity (Wildman–Crippen MR) is 105 cm³/mol. The summed E-state index contributed by atoms with van der Waals surface area (Å²) in [6.07, 6.45) is 2.32. The summed E-state index contributed by atoms with van der Waals surface area (Å²) in [7, 11) is 1.88. The molecule has 0 unspecified atom stereocenters. The van der Waals surface area contributed by atoms with E-state index < -0.39 is 17.6 Å². The van der Waals surface area contributed by atoms with E-state index >= 15 is 0 Å². The molecule has 1 aromatic heterocycles. The minimum Gasteiger partial charge on any atom is -0.347 e. The fourth-order valence-electron chi connectivity index (χ4n) is 2.66. The Labute approximate surface area is 166 Å². The Balaban J connectivity index is 1.48. The first-order valence-electron chi connectivity index (χ1n) is 8.55. The zero-order valence-electron chi connectivity index (χ0n) is 15.1. The van der Waals surface area contributed by atoms with Gasteiger partial charge in [-0.05, 0) is 41.8 Å². The molecule has 6 nitrogen and oxygen atoms in total. The van der Waals surface area contributed by atoms with Crippen LogP contribution in [0.15, 0.2) is 54.7 Å². The minimum atomic E-state index is -0.839. The van der Waals surface area contributed by atoms with Crippen molar-refractivity contribution in [1.82, 2.24) is 15.1 Å².